The highest BCUT2D eigenvalue weighted by molar-refractivity contribution is 6.37. The SMILES string of the molecule is c1ccc(-c2nc(-c3ccccc3)nc(-c3cccc(-n4c5ccccc5c5c6c7ccccc7n(-c7ccccc7)c6c6ccccc6c54)c3)n2)cc1. The minimum atomic E-state index is 0.628. The van der Waals surface area contributed by atoms with Crippen LogP contribution >= 0.6 is 0 Å². The van der Waals surface area contributed by atoms with Crippen molar-refractivity contribution in [2.75, 3.05) is 0 Å². The van der Waals surface area contributed by atoms with E-state index in [-0.39, 0.29) is 0 Å². The van der Waals surface area contributed by atoms with Gasteiger partial charge in [0.05, 0.1) is 22.1 Å². The van der Waals surface area contributed by atoms with Crippen molar-refractivity contribution >= 4 is 54.4 Å². The lowest BCUT2D eigenvalue weighted by Gasteiger charge is -2.14. The van der Waals surface area contributed by atoms with Crippen molar-refractivity contribution in [3.63, 3.8) is 0 Å². The molecule has 0 spiro atoms. The van der Waals surface area contributed by atoms with Crippen LogP contribution in [0.15, 0.2) is 188 Å². The maximum atomic E-state index is 5.07. The van der Waals surface area contributed by atoms with E-state index in [2.05, 4.69) is 137 Å². The molecule has 0 saturated heterocycles. The number of nitrogens with zero attached hydrogens (tertiary/aromatic N) is 5. The van der Waals surface area contributed by atoms with E-state index in [1.807, 2.05) is 60.7 Å². The summed E-state index contributed by atoms with van der Waals surface area (Å²) in [4.78, 5) is 15.1. The van der Waals surface area contributed by atoms with E-state index in [1.165, 1.54) is 48.9 Å². The zero-order valence-corrected chi connectivity index (χ0v) is 29.1. The van der Waals surface area contributed by atoms with E-state index in [0.717, 1.165) is 33.6 Å². The van der Waals surface area contributed by atoms with E-state index in [0.29, 0.717) is 17.5 Å². The molecule has 0 N–H and O–H groups in total. The molecule has 0 bridgehead atoms. The van der Waals surface area contributed by atoms with Gasteiger partial charge in [0, 0.05) is 60.4 Å². The molecule has 0 aliphatic carbocycles. The fraction of sp³-hybridized carbons (Fsp3) is 0. The number of benzene rings is 8. The highest BCUT2D eigenvalue weighted by Crippen LogP contribution is 2.47. The molecule has 0 fully saturated rings. The number of rotatable bonds is 5. The second-order valence-electron chi connectivity index (χ2n) is 13.6. The largest absolute Gasteiger partial charge is 0.309 e. The maximum Gasteiger partial charge on any atom is 0.164 e. The van der Waals surface area contributed by atoms with Gasteiger partial charge < -0.3 is 9.13 Å². The van der Waals surface area contributed by atoms with Crippen LogP contribution < -0.4 is 0 Å². The van der Waals surface area contributed by atoms with Gasteiger partial charge >= 0.3 is 0 Å². The van der Waals surface area contributed by atoms with Crippen LogP contribution in [0.1, 0.15) is 0 Å². The zero-order valence-electron chi connectivity index (χ0n) is 29.1. The normalized spacial score (nSPS) is 11.7. The quantitative estimate of drug-likeness (QED) is 0.181. The fourth-order valence-corrected chi connectivity index (χ4v) is 8.23. The topological polar surface area (TPSA) is 48.5 Å². The molecule has 54 heavy (non-hydrogen) atoms. The molecular weight excluding hydrogens is 659 g/mol. The minimum Gasteiger partial charge on any atom is -0.309 e. The van der Waals surface area contributed by atoms with Crippen LogP contribution in [0, 0.1) is 0 Å². The lowest BCUT2D eigenvalue weighted by Crippen LogP contribution is -2.01. The van der Waals surface area contributed by atoms with Crippen LogP contribution in [0.25, 0.3) is 99.9 Å². The molecule has 11 aromatic rings. The molecular formula is C49H31N5. The molecule has 5 heteroatoms. The van der Waals surface area contributed by atoms with Gasteiger partial charge in [-0.3, -0.25) is 0 Å². The van der Waals surface area contributed by atoms with Gasteiger partial charge in [0.15, 0.2) is 17.5 Å². The summed E-state index contributed by atoms with van der Waals surface area (Å²) in [5.41, 5.74) is 9.72. The highest BCUT2D eigenvalue weighted by Gasteiger charge is 2.24. The number of fused-ring (bicyclic) bond motifs is 10. The Hall–Kier alpha value is -7.37. The highest BCUT2D eigenvalue weighted by atomic mass is 15.0. The average Bonchev–Trinajstić information content (AvgIpc) is 3.79. The van der Waals surface area contributed by atoms with Gasteiger partial charge in [0.25, 0.3) is 0 Å². The molecule has 0 aliphatic rings. The smallest absolute Gasteiger partial charge is 0.164 e. The second-order valence-corrected chi connectivity index (χ2v) is 13.6. The van der Waals surface area contributed by atoms with Gasteiger partial charge in [0.2, 0.25) is 0 Å². The Morgan fingerprint density at radius 1 is 0.296 bits per heavy atom. The van der Waals surface area contributed by atoms with Crippen molar-refractivity contribution in [3.8, 4) is 45.5 Å². The monoisotopic (exact) mass is 689 g/mol. The maximum absolute atomic E-state index is 5.07. The molecule has 0 amide bonds. The Kier molecular flexibility index (Phi) is 6.79. The number of hydrogen-bond donors (Lipinski definition) is 0. The van der Waals surface area contributed by atoms with Crippen LogP contribution in [0.5, 0.6) is 0 Å². The number of para-hydroxylation sites is 3. The first kappa shape index (κ1) is 30.3. The molecule has 0 atom stereocenters. The summed E-state index contributed by atoms with van der Waals surface area (Å²) in [5, 5.41) is 7.34. The summed E-state index contributed by atoms with van der Waals surface area (Å²) in [6.45, 7) is 0. The zero-order chi connectivity index (χ0) is 35.6. The van der Waals surface area contributed by atoms with Crippen molar-refractivity contribution < 1.29 is 0 Å². The number of aromatic nitrogens is 5. The summed E-state index contributed by atoms with van der Waals surface area (Å²) < 4.78 is 4.87. The van der Waals surface area contributed by atoms with Crippen LogP contribution in [0.3, 0.4) is 0 Å². The summed E-state index contributed by atoms with van der Waals surface area (Å²) >= 11 is 0. The third-order valence-electron chi connectivity index (χ3n) is 10.5. The second kappa shape index (κ2) is 12.1. The van der Waals surface area contributed by atoms with Crippen molar-refractivity contribution in [2.24, 2.45) is 0 Å². The van der Waals surface area contributed by atoms with Gasteiger partial charge in [-0.15, -0.1) is 0 Å². The Labute approximate surface area is 311 Å². The van der Waals surface area contributed by atoms with Crippen molar-refractivity contribution in [1.82, 2.24) is 24.1 Å². The summed E-state index contributed by atoms with van der Waals surface area (Å²) in [6.07, 6.45) is 0. The first-order chi connectivity index (χ1) is 26.8. The molecule has 5 nitrogen and oxygen atoms in total. The Bertz CT molecular complexity index is 3140. The van der Waals surface area contributed by atoms with Gasteiger partial charge in [-0.25, -0.2) is 15.0 Å². The first-order valence-corrected chi connectivity index (χ1v) is 18.2. The third kappa shape index (κ3) is 4.62. The van der Waals surface area contributed by atoms with Crippen molar-refractivity contribution in [1.29, 1.82) is 0 Å². The standard InChI is InChI=1S/C49H31N5/c1-4-17-32(18-5-1)47-50-48(33-19-6-2-7-20-33)52-49(51-47)34-21-16-24-36(31-34)54-42-30-15-13-28-40(42)44-43-39-27-12-14-29-41(39)53(35-22-8-3-9-23-35)45(43)37-25-10-11-26-38(37)46(44)54/h1-31H. The molecule has 3 aromatic heterocycles. The molecule has 0 radical (unpaired) electrons. The molecule has 252 valence electrons. The van der Waals surface area contributed by atoms with Gasteiger partial charge in [-0.2, -0.15) is 0 Å². The Balaban J connectivity index is 1.23. The Morgan fingerprint density at radius 2 is 0.667 bits per heavy atom. The lowest BCUT2D eigenvalue weighted by atomic mass is 9.99. The average molecular weight is 690 g/mol. The van der Waals surface area contributed by atoms with E-state index in [9.17, 15) is 0 Å². The molecule has 0 unspecified atom stereocenters. The van der Waals surface area contributed by atoms with Gasteiger partial charge in [-0.1, -0.05) is 152 Å². The van der Waals surface area contributed by atoms with E-state index in [4.69, 9.17) is 15.0 Å². The molecule has 11 rings (SSSR count). The molecule has 8 aromatic carbocycles. The van der Waals surface area contributed by atoms with Crippen LogP contribution in [0.2, 0.25) is 0 Å². The van der Waals surface area contributed by atoms with E-state index >= 15 is 0 Å². The van der Waals surface area contributed by atoms with Gasteiger partial charge in [0.1, 0.15) is 0 Å². The Morgan fingerprint density at radius 3 is 1.19 bits per heavy atom. The predicted molar refractivity (Wildman–Crippen MR) is 222 cm³/mol. The van der Waals surface area contributed by atoms with Crippen LogP contribution in [-0.2, 0) is 0 Å². The predicted octanol–water partition coefficient (Wildman–Crippen LogP) is 12.2. The molecule has 0 aliphatic heterocycles. The number of hydrogen-bond acceptors (Lipinski definition) is 3. The first-order valence-electron chi connectivity index (χ1n) is 18.2. The van der Waals surface area contributed by atoms with E-state index < -0.39 is 0 Å². The van der Waals surface area contributed by atoms with Crippen LogP contribution in [-0.4, -0.2) is 24.1 Å². The van der Waals surface area contributed by atoms with Gasteiger partial charge in [-0.05, 0) is 36.4 Å². The lowest BCUT2D eigenvalue weighted by molar-refractivity contribution is 1.07. The molecule has 0 saturated carbocycles. The van der Waals surface area contributed by atoms with E-state index in [1.54, 1.807) is 0 Å². The third-order valence-corrected chi connectivity index (χ3v) is 10.5. The fourth-order valence-electron chi connectivity index (χ4n) is 8.23. The minimum absolute atomic E-state index is 0.628. The van der Waals surface area contributed by atoms with Crippen molar-refractivity contribution in [2.45, 2.75) is 0 Å². The summed E-state index contributed by atoms with van der Waals surface area (Å²) in [5.74, 6) is 1.92. The summed E-state index contributed by atoms with van der Waals surface area (Å²) in [7, 11) is 0. The van der Waals surface area contributed by atoms with Crippen LogP contribution in [0.4, 0.5) is 0 Å². The van der Waals surface area contributed by atoms with Crippen molar-refractivity contribution in [3.05, 3.63) is 188 Å². The summed E-state index contributed by atoms with van der Waals surface area (Å²) in [6, 6.07) is 66.1. The molecule has 3 heterocycles.